The summed E-state index contributed by atoms with van der Waals surface area (Å²) in [5.74, 6) is 0.00574. The van der Waals surface area contributed by atoms with E-state index in [0.717, 1.165) is 4.57 Å². The molecule has 0 radical (unpaired) electrons. The van der Waals surface area contributed by atoms with Gasteiger partial charge in [-0.1, -0.05) is 0 Å². The van der Waals surface area contributed by atoms with Gasteiger partial charge in [0.25, 0.3) is 5.56 Å². The number of nitrogens with zero attached hydrogens (tertiary/aromatic N) is 2. The standard InChI is InChI=1S/C11H19N3O4S/c1-8(7-19(4,17)18)12-6-9-5-10(15)14(3)11(16)13(9)2/h5,8,12H,6-7H2,1-4H3. The predicted molar refractivity (Wildman–Crippen MR) is 72.9 cm³/mol. The molecule has 1 unspecified atom stereocenters. The maximum absolute atomic E-state index is 11.7. The van der Waals surface area contributed by atoms with Gasteiger partial charge >= 0.3 is 5.69 Å². The average Bonchev–Trinajstić information content (AvgIpc) is 2.27. The van der Waals surface area contributed by atoms with Crippen molar-refractivity contribution in [1.29, 1.82) is 0 Å². The molecule has 1 N–H and O–H groups in total. The number of aromatic nitrogens is 2. The molecule has 0 aliphatic heterocycles. The van der Waals surface area contributed by atoms with E-state index in [9.17, 15) is 18.0 Å². The molecule has 0 aliphatic carbocycles. The molecule has 7 nitrogen and oxygen atoms in total. The highest BCUT2D eigenvalue weighted by molar-refractivity contribution is 7.90. The van der Waals surface area contributed by atoms with Crippen LogP contribution in [0, 0.1) is 0 Å². The highest BCUT2D eigenvalue weighted by Crippen LogP contribution is 1.95. The van der Waals surface area contributed by atoms with Gasteiger partial charge in [0.2, 0.25) is 0 Å². The van der Waals surface area contributed by atoms with Crippen LogP contribution in [0.4, 0.5) is 0 Å². The summed E-state index contributed by atoms with van der Waals surface area (Å²) in [5, 5.41) is 2.98. The molecule has 0 saturated heterocycles. The fourth-order valence-electron chi connectivity index (χ4n) is 1.74. The van der Waals surface area contributed by atoms with Crippen LogP contribution in [0.3, 0.4) is 0 Å². The first-order chi connectivity index (χ1) is 8.61. The van der Waals surface area contributed by atoms with Gasteiger partial charge in [-0.25, -0.2) is 13.2 Å². The molecule has 0 amide bonds. The molecule has 1 heterocycles. The lowest BCUT2D eigenvalue weighted by Gasteiger charge is -2.14. The molecule has 0 fully saturated rings. The van der Waals surface area contributed by atoms with Gasteiger partial charge in [-0.05, 0) is 6.92 Å². The lowest BCUT2D eigenvalue weighted by atomic mass is 10.3. The van der Waals surface area contributed by atoms with Gasteiger partial charge < -0.3 is 5.32 Å². The van der Waals surface area contributed by atoms with E-state index in [4.69, 9.17) is 0 Å². The second-order valence-corrected chi connectivity index (χ2v) is 6.93. The van der Waals surface area contributed by atoms with Gasteiger partial charge in [0.15, 0.2) is 0 Å². The third-order valence-electron chi connectivity index (χ3n) is 2.81. The van der Waals surface area contributed by atoms with Crippen molar-refractivity contribution in [2.75, 3.05) is 12.0 Å². The molecule has 0 bridgehead atoms. The Hall–Kier alpha value is -1.41. The normalized spacial score (nSPS) is 13.5. The molecular formula is C11H19N3O4S. The van der Waals surface area contributed by atoms with Crippen LogP contribution in [0.15, 0.2) is 15.7 Å². The Balaban J connectivity index is 2.85. The minimum Gasteiger partial charge on any atom is -0.308 e. The second kappa shape index (κ2) is 5.70. The summed E-state index contributed by atoms with van der Waals surface area (Å²) in [5.41, 5.74) is -0.260. The van der Waals surface area contributed by atoms with Crippen LogP contribution >= 0.6 is 0 Å². The van der Waals surface area contributed by atoms with Crippen LogP contribution in [-0.4, -0.2) is 35.6 Å². The van der Waals surface area contributed by atoms with Crippen molar-refractivity contribution in [3.63, 3.8) is 0 Å². The summed E-state index contributed by atoms with van der Waals surface area (Å²) in [6.07, 6.45) is 1.17. The Morgan fingerprint density at radius 3 is 2.37 bits per heavy atom. The Bertz CT molecular complexity index is 672. The third kappa shape index (κ3) is 4.32. The summed E-state index contributed by atoms with van der Waals surface area (Å²) < 4.78 is 24.6. The maximum Gasteiger partial charge on any atom is 0.330 e. The molecule has 1 aromatic heterocycles. The summed E-state index contributed by atoms with van der Waals surface area (Å²) in [4.78, 5) is 23.2. The third-order valence-corrected chi connectivity index (χ3v) is 3.92. The number of sulfone groups is 1. The largest absolute Gasteiger partial charge is 0.330 e. The number of hydrogen-bond acceptors (Lipinski definition) is 5. The van der Waals surface area contributed by atoms with E-state index in [1.54, 1.807) is 14.0 Å². The number of nitrogens with one attached hydrogen (secondary N) is 1. The smallest absolute Gasteiger partial charge is 0.308 e. The summed E-state index contributed by atoms with van der Waals surface area (Å²) in [6, 6.07) is 1.11. The van der Waals surface area contributed by atoms with Gasteiger partial charge in [-0.15, -0.1) is 0 Å². The first-order valence-corrected chi connectivity index (χ1v) is 7.85. The van der Waals surface area contributed by atoms with E-state index in [1.165, 1.54) is 23.9 Å². The minimum absolute atomic E-state index is 0.00574. The van der Waals surface area contributed by atoms with Crippen LogP contribution in [0.5, 0.6) is 0 Å². The molecule has 1 aromatic rings. The fraction of sp³-hybridized carbons (Fsp3) is 0.636. The van der Waals surface area contributed by atoms with Gasteiger partial charge in [0, 0.05) is 44.7 Å². The van der Waals surface area contributed by atoms with Crippen LogP contribution in [0.25, 0.3) is 0 Å². The summed E-state index contributed by atoms with van der Waals surface area (Å²) in [6.45, 7) is 2.00. The van der Waals surface area contributed by atoms with Crippen LogP contribution in [0.2, 0.25) is 0 Å². The summed E-state index contributed by atoms with van der Waals surface area (Å²) in [7, 11) is -0.0775. The van der Waals surface area contributed by atoms with Crippen molar-refractivity contribution in [3.8, 4) is 0 Å². The minimum atomic E-state index is -3.06. The van der Waals surface area contributed by atoms with Crippen LogP contribution < -0.4 is 16.6 Å². The second-order valence-electron chi connectivity index (χ2n) is 4.75. The van der Waals surface area contributed by atoms with Gasteiger partial charge in [-0.3, -0.25) is 13.9 Å². The Kier molecular flexibility index (Phi) is 4.70. The molecule has 19 heavy (non-hydrogen) atoms. The van der Waals surface area contributed by atoms with E-state index in [0.29, 0.717) is 5.69 Å². The zero-order valence-electron chi connectivity index (χ0n) is 11.5. The molecule has 0 aliphatic rings. The Labute approximate surface area is 111 Å². The zero-order valence-corrected chi connectivity index (χ0v) is 12.3. The first kappa shape index (κ1) is 15.6. The van der Waals surface area contributed by atoms with Crippen molar-refractivity contribution >= 4 is 9.84 Å². The van der Waals surface area contributed by atoms with Crippen molar-refractivity contribution in [2.45, 2.75) is 19.5 Å². The molecule has 1 rings (SSSR count). The Morgan fingerprint density at radius 2 is 1.84 bits per heavy atom. The summed E-state index contributed by atoms with van der Waals surface area (Å²) >= 11 is 0. The first-order valence-electron chi connectivity index (χ1n) is 5.79. The quantitative estimate of drug-likeness (QED) is 0.720. The molecule has 0 spiro atoms. The van der Waals surface area contributed by atoms with Crippen LogP contribution in [-0.2, 0) is 30.5 Å². The van der Waals surface area contributed by atoms with Crippen molar-refractivity contribution in [1.82, 2.24) is 14.5 Å². The Morgan fingerprint density at radius 1 is 1.26 bits per heavy atom. The van der Waals surface area contributed by atoms with E-state index in [2.05, 4.69) is 5.32 Å². The van der Waals surface area contributed by atoms with E-state index in [-0.39, 0.29) is 23.9 Å². The lowest BCUT2D eigenvalue weighted by molar-refractivity contribution is 0.538. The van der Waals surface area contributed by atoms with Gasteiger partial charge in [0.1, 0.15) is 9.84 Å². The monoisotopic (exact) mass is 289 g/mol. The van der Waals surface area contributed by atoms with Crippen molar-refractivity contribution < 1.29 is 8.42 Å². The van der Waals surface area contributed by atoms with Crippen LogP contribution in [0.1, 0.15) is 12.6 Å². The molecule has 1 atom stereocenters. The number of rotatable bonds is 5. The zero-order chi connectivity index (χ0) is 14.8. The van der Waals surface area contributed by atoms with E-state index >= 15 is 0 Å². The number of hydrogen-bond donors (Lipinski definition) is 1. The SMILES string of the molecule is CC(CS(C)(=O)=O)NCc1cc(=O)n(C)c(=O)n1C. The van der Waals surface area contributed by atoms with Gasteiger partial charge in [-0.2, -0.15) is 0 Å². The lowest BCUT2D eigenvalue weighted by Crippen LogP contribution is -2.40. The molecule has 0 aromatic carbocycles. The predicted octanol–water partition coefficient (Wildman–Crippen LogP) is -1.39. The molecule has 0 saturated carbocycles. The van der Waals surface area contributed by atoms with Gasteiger partial charge in [0.05, 0.1) is 5.75 Å². The highest BCUT2D eigenvalue weighted by Gasteiger charge is 2.11. The highest BCUT2D eigenvalue weighted by atomic mass is 32.2. The van der Waals surface area contributed by atoms with E-state index in [1.807, 2.05) is 0 Å². The molecular weight excluding hydrogens is 270 g/mol. The van der Waals surface area contributed by atoms with Crippen molar-refractivity contribution in [3.05, 3.63) is 32.6 Å². The topological polar surface area (TPSA) is 90.2 Å². The van der Waals surface area contributed by atoms with E-state index < -0.39 is 15.5 Å². The molecule has 108 valence electrons. The maximum atomic E-state index is 11.7. The fourth-order valence-corrected chi connectivity index (χ4v) is 2.77. The van der Waals surface area contributed by atoms with Crippen molar-refractivity contribution in [2.24, 2.45) is 14.1 Å². The average molecular weight is 289 g/mol. The molecule has 8 heteroatoms.